The van der Waals surface area contributed by atoms with E-state index in [2.05, 4.69) is 16.7 Å². The second-order valence-corrected chi connectivity index (χ2v) is 7.52. The van der Waals surface area contributed by atoms with Crippen LogP contribution in [0.2, 0.25) is 0 Å². The summed E-state index contributed by atoms with van der Waals surface area (Å²) in [4.78, 5) is 26.1. The Labute approximate surface area is 172 Å². The number of rotatable bonds is 7. The number of carbonyl (C=O) groups is 2. The maximum absolute atomic E-state index is 12.2. The van der Waals surface area contributed by atoms with Gasteiger partial charge in [-0.1, -0.05) is 18.2 Å². The molecule has 0 radical (unpaired) electrons. The van der Waals surface area contributed by atoms with Crippen molar-refractivity contribution in [3.8, 4) is 5.75 Å². The molecule has 0 spiro atoms. The zero-order valence-corrected chi connectivity index (χ0v) is 17.2. The van der Waals surface area contributed by atoms with Gasteiger partial charge in [-0.3, -0.25) is 4.79 Å². The predicted molar refractivity (Wildman–Crippen MR) is 114 cm³/mol. The maximum atomic E-state index is 12.2. The average molecular weight is 396 g/mol. The monoisotopic (exact) mass is 395 g/mol. The molecule has 2 aromatic rings. The Morgan fingerprint density at radius 2 is 1.76 bits per heavy atom. The van der Waals surface area contributed by atoms with Gasteiger partial charge in [0.2, 0.25) is 5.91 Å². The molecule has 3 amide bonds. The van der Waals surface area contributed by atoms with Crippen LogP contribution in [0.4, 0.5) is 10.5 Å². The number of hydrogen-bond acceptors (Lipinski definition) is 3. The summed E-state index contributed by atoms with van der Waals surface area (Å²) in [7, 11) is 0. The van der Waals surface area contributed by atoms with Gasteiger partial charge in [0.1, 0.15) is 5.75 Å². The summed E-state index contributed by atoms with van der Waals surface area (Å²) in [5.41, 5.74) is 3.96. The smallest absolute Gasteiger partial charge is 0.321 e. The van der Waals surface area contributed by atoms with Crippen LogP contribution >= 0.6 is 0 Å². The van der Waals surface area contributed by atoms with Crippen LogP contribution < -0.4 is 15.4 Å². The molecule has 29 heavy (non-hydrogen) atoms. The van der Waals surface area contributed by atoms with Gasteiger partial charge in [0.15, 0.2) is 0 Å². The molecule has 2 N–H and O–H groups in total. The van der Waals surface area contributed by atoms with Crippen LogP contribution in [0.15, 0.2) is 42.5 Å². The lowest BCUT2D eigenvalue weighted by Gasteiger charge is -2.16. The minimum atomic E-state index is -0.0686. The fourth-order valence-electron chi connectivity index (χ4n) is 3.45. The van der Waals surface area contributed by atoms with Crippen molar-refractivity contribution in [1.29, 1.82) is 0 Å². The van der Waals surface area contributed by atoms with Crippen LogP contribution in [-0.4, -0.2) is 36.5 Å². The Kier molecular flexibility index (Phi) is 7.11. The molecule has 154 valence electrons. The minimum Gasteiger partial charge on any atom is -0.493 e. The summed E-state index contributed by atoms with van der Waals surface area (Å²) in [6.07, 6.45) is 2.41. The van der Waals surface area contributed by atoms with E-state index in [0.29, 0.717) is 19.6 Å². The third-order valence-electron chi connectivity index (χ3n) is 4.85. The fourth-order valence-corrected chi connectivity index (χ4v) is 3.45. The van der Waals surface area contributed by atoms with Gasteiger partial charge >= 0.3 is 6.03 Å². The lowest BCUT2D eigenvalue weighted by Crippen LogP contribution is -2.32. The molecule has 1 fully saturated rings. The van der Waals surface area contributed by atoms with E-state index in [1.165, 1.54) is 0 Å². The average Bonchev–Trinajstić information content (AvgIpc) is 3.21. The van der Waals surface area contributed by atoms with Crippen molar-refractivity contribution in [3.63, 3.8) is 0 Å². The van der Waals surface area contributed by atoms with Crippen LogP contribution in [0, 0.1) is 13.8 Å². The van der Waals surface area contributed by atoms with Gasteiger partial charge in [-0.15, -0.1) is 0 Å². The quantitative estimate of drug-likeness (QED) is 0.744. The molecule has 1 aliphatic heterocycles. The molecular weight excluding hydrogens is 366 g/mol. The number of amides is 3. The zero-order valence-electron chi connectivity index (χ0n) is 17.2. The highest BCUT2D eigenvalue weighted by Crippen LogP contribution is 2.16. The number of ether oxygens (including phenoxy) is 1. The standard InChI is InChI=1S/C23H29N3O3/c1-17-12-18(2)14-21(13-17)29-11-8-22(27)24-16-19-6-5-7-20(15-19)25-23(28)26-9-3-4-10-26/h5-7,12-15H,3-4,8-11,16H2,1-2H3,(H,24,27)(H,25,28). The van der Waals surface area contributed by atoms with Gasteiger partial charge in [-0.25, -0.2) is 4.79 Å². The van der Waals surface area contributed by atoms with Crippen LogP contribution in [0.3, 0.4) is 0 Å². The molecule has 0 unspecified atom stereocenters. The number of benzene rings is 2. The molecule has 6 heteroatoms. The molecule has 1 saturated heterocycles. The van der Waals surface area contributed by atoms with Gasteiger partial charge < -0.3 is 20.3 Å². The van der Waals surface area contributed by atoms with E-state index in [9.17, 15) is 9.59 Å². The van der Waals surface area contributed by atoms with Crippen molar-refractivity contribution in [2.75, 3.05) is 25.0 Å². The highest BCUT2D eigenvalue weighted by atomic mass is 16.5. The van der Waals surface area contributed by atoms with Crippen molar-refractivity contribution in [3.05, 3.63) is 59.2 Å². The number of urea groups is 1. The molecule has 1 heterocycles. The lowest BCUT2D eigenvalue weighted by molar-refractivity contribution is -0.121. The predicted octanol–water partition coefficient (Wildman–Crippen LogP) is 4.02. The number of nitrogens with zero attached hydrogens (tertiary/aromatic N) is 1. The van der Waals surface area contributed by atoms with Crippen LogP contribution in [-0.2, 0) is 11.3 Å². The summed E-state index contributed by atoms with van der Waals surface area (Å²) in [5.74, 6) is 0.720. The molecule has 0 aliphatic carbocycles. The molecule has 6 nitrogen and oxygen atoms in total. The van der Waals surface area contributed by atoms with Gasteiger partial charge in [-0.05, 0) is 67.6 Å². The van der Waals surface area contributed by atoms with Gasteiger partial charge in [0, 0.05) is 25.3 Å². The number of likely N-dealkylation sites (tertiary alicyclic amines) is 1. The maximum Gasteiger partial charge on any atom is 0.321 e. The first-order chi connectivity index (χ1) is 14.0. The lowest BCUT2D eigenvalue weighted by atomic mass is 10.1. The summed E-state index contributed by atoms with van der Waals surface area (Å²) in [5, 5.41) is 5.83. The van der Waals surface area contributed by atoms with E-state index in [0.717, 1.165) is 54.1 Å². The first-order valence-electron chi connectivity index (χ1n) is 10.1. The highest BCUT2D eigenvalue weighted by molar-refractivity contribution is 5.89. The summed E-state index contributed by atoms with van der Waals surface area (Å²) in [6, 6.07) is 13.5. The van der Waals surface area contributed by atoms with Gasteiger partial charge in [0.05, 0.1) is 13.0 Å². The molecule has 0 atom stereocenters. The number of hydrogen-bond donors (Lipinski definition) is 2. The molecule has 1 aliphatic rings. The van der Waals surface area contributed by atoms with Crippen molar-refractivity contribution < 1.29 is 14.3 Å². The second-order valence-electron chi connectivity index (χ2n) is 7.52. The Morgan fingerprint density at radius 3 is 2.48 bits per heavy atom. The van der Waals surface area contributed by atoms with E-state index in [1.807, 2.05) is 55.1 Å². The molecule has 0 saturated carbocycles. The normalized spacial score (nSPS) is 13.2. The van der Waals surface area contributed by atoms with Gasteiger partial charge in [-0.2, -0.15) is 0 Å². The topological polar surface area (TPSA) is 70.7 Å². The van der Waals surface area contributed by atoms with Crippen molar-refractivity contribution >= 4 is 17.6 Å². The third-order valence-corrected chi connectivity index (χ3v) is 4.85. The number of carbonyl (C=O) groups excluding carboxylic acids is 2. The fraction of sp³-hybridized carbons (Fsp3) is 0.391. The Balaban J connectivity index is 1.42. The first-order valence-corrected chi connectivity index (χ1v) is 10.1. The zero-order chi connectivity index (χ0) is 20.6. The summed E-state index contributed by atoms with van der Waals surface area (Å²) < 4.78 is 5.69. The molecule has 0 aromatic heterocycles. The third kappa shape index (κ3) is 6.52. The van der Waals surface area contributed by atoms with Crippen LogP contribution in [0.1, 0.15) is 36.0 Å². The number of nitrogens with one attached hydrogen (secondary N) is 2. The SMILES string of the molecule is Cc1cc(C)cc(OCCC(=O)NCc2cccc(NC(=O)N3CCCC3)c2)c1. The molecule has 3 rings (SSSR count). The summed E-state index contributed by atoms with van der Waals surface area (Å²) >= 11 is 0. The number of aryl methyl sites for hydroxylation is 2. The van der Waals surface area contributed by atoms with Crippen molar-refractivity contribution in [2.24, 2.45) is 0 Å². The van der Waals surface area contributed by atoms with Crippen LogP contribution in [0.5, 0.6) is 5.75 Å². The molecule has 0 bridgehead atoms. The first kappa shape index (κ1) is 20.7. The second kappa shape index (κ2) is 9.96. The van der Waals surface area contributed by atoms with E-state index in [-0.39, 0.29) is 11.9 Å². The molecule has 2 aromatic carbocycles. The largest absolute Gasteiger partial charge is 0.493 e. The van der Waals surface area contributed by atoms with Crippen LogP contribution in [0.25, 0.3) is 0 Å². The molecular formula is C23H29N3O3. The van der Waals surface area contributed by atoms with E-state index in [4.69, 9.17) is 4.74 Å². The highest BCUT2D eigenvalue weighted by Gasteiger charge is 2.17. The van der Waals surface area contributed by atoms with Crippen molar-refractivity contribution in [2.45, 2.75) is 39.7 Å². The minimum absolute atomic E-state index is 0.0628. The van der Waals surface area contributed by atoms with Crippen molar-refractivity contribution in [1.82, 2.24) is 10.2 Å². The summed E-state index contributed by atoms with van der Waals surface area (Å²) in [6.45, 7) is 6.41. The number of anilines is 1. The van der Waals surface area contributed by atoms with E-state index < -0.39 is 0 Å². The van der Waals surface area contributed by atoms with E-state index >= 15 is 0 Å². The Morgan fingerprint density at radius 1 is 1.03 bits per heavy atom. The van der Waals surface area contributed by atoms with E-state index in [1.54, 1.807) is 0 Å². The Bertz CT molecular complexity index is 840. The van der Waals surface area contributed by atoms with Gasteiger partial charge in [0.25, 0.3) is 0 Å². The Hall–Kier alpha value is -3.02.